The molecule has 2 aliphatic heterocycles. The SMILES string of the molecule is CN1CCC1C(=O)N1Cc2ccc(-c3nccc(Nc4ccc(-c5cn[nH]c5)cc4)n3)cc2C1. The third-order valence-corrected chi connectivity index (χ3v) is 6.72. The van der Waals surface area contributed by atoms with E-state index in [0.717, 1.165) is 41.2 Å². The fourth-order valence-corrected chi connectivity index (χ4v) is 4.60. The van der Waals surface area contributed by atoms with Crippen LogP contribution < -0.4 is 5.32 Å². The second-order valence-electron chi connectivity index (χ2n) is 8.92. The van der Waals surface area contributed by atoms with Crippen LogP contribution in [0.1, 0.15) is 17.5 Å². The van der Waals surface area contributed by atoms with Crippen LogP contribution in [-0.2, 0) is 17.9 Å². The van der Waals surface area contributed by atoms with Crippen molar-refractivity contribution < 1.29 is 4.79 Å². The number of hydrogen-bond donors (Lipinski definition) is 2. The lowest BCUT2D eigenvalue weighted by atomic mass is 10.0. The highest BCUT2D eigenvalue weighted by molar-refractivity contribution is 5.83. The van der Waals surface area contributed by atoms with Gasteiger partial charge in [0.25, 0.3) is 0 Å². The number of nitrogens with zero attached hydrogens (tertiary/aromatic N) is 5. The van der Waals surface area contributed by atoms with Gasteiger partial charge in [0.05, 0.1) is 12.2 Å². The van der Waals surface area contributed by atoms with Crippen molar-refractivity contribution in [1.29, 1.82) is 0 Å². The third-order valence-electron chi connectivity index (χ3n) is 6.72. The van der Waals surface area contributed by atoms with Crippen LogP contribution in [0.5, 0.6) is 0 Å². The topological polar surface area (TPSA) is 90.0 Å². The predicted molar refractivity (Wildman–Crippen MR) is 130 cm³/mol. The summed E-state index contributed by atoms with van der Waals surface area (Å²) in [6.45, 7) is 2.32. The largest absolute Gasteiger partial charge is 0.340 e. The van der Waals surface area contributed by atoms with E-state index in [-0.39, 0.29) is 11.9 Å². The van der Waals surface area contributed by atoms with E-state index in [0.29, 0.717) is 18.9 Å². The number of fused-ring (bicyclic) bond motifs is 1. The van der Waals surface area contributed by atoms with Gasteiger partial charge in [-0.3, -0.25) is 14.8 Å². The molecule has 0 radical (unpaired) electrons. The summed E-state index contributed by atoms with van der Waals surface area (Å²) in [5.41, 5.74) is 6.41. The first kappa shape index (κ1) is 20.6. The molecule has 2 aromatic carbocycles. The molecule has 1 amide bonds. The summed E-state index contributed by atoms with van der Waals surface area (Å²) < 4.78 is 0. The zero-order chi connectivity index (χ0) is 23.1. The molecule has 4 aromatic rings. The maximum absolute atomic E-state index is 12.8. The number of likely N-dealkylation sites (tertiary alicyclic amines) is 1. The van der Waals surface area contributed by atoms with E-state index >= 15 is 0 Å². The third kappa shape index (κ3) is 3.82. The Morgan fingerprint density at radius 1 is 1.03 bits per heavy atom. The smallest absolute Gasteiger partial charge is 0.240 e. The first-order valence-corrected chi connectivity index (χ1v) is 11.4. The monoisotopic (exact) mass is 451 g/mol. The van der Waals surface area contributed by atoms with Gasteiger partial charge in [0, 0.05) is 48.8 Å². The van der Waals surface area contributed by atoms with Crippen molar-refractivity contribution in [2.75, 3.05) is 18.9 Å². The van der Waals surface area contributed by atoms with Crippen molar-refractivity contribution in [3.05, 3.63) is 78.2 Å². The van der Waals surface area contributed by atoms with Crippen LogP contribution in [0.4, 0.5) is 11.5 Å². The molecule has 2 aliphatic rings. The van der Waals surface area contributed by atoms with Crippen LogP contribution in [0.3, 0.4) is 0 Å². The molecule has 2 N–H and O–H groups in total. The lowest BCUT2D eigenvalue weighted by Gasteiger charge is -2.38. The molecular weight excluding hydrogens is 426 g/mol. The molecule has 0 spiro atoms. The van der Waals surface area contributed by atoms with Gasteiger partial charge in [0.1, 0.15) is 5.82 Å². The lowest BCUT2D eigenvalue weighted by molar-refractivity contribution is -0.141. The molecule has 1 fully saturated rings. The maximum atomic E-state index is 12.8. The van der Waals surface area contributed by atoms with Crippen molar-refractivity contribution in [2.24, 2.45) is 0 Å². The molecule has 8 heteroatoms. The zero-order valence-electron chi connectivity index (χ0n) is 18.9. The molecule has 8 nitrogen and oxygen atoms in total. The average Bonchev–Trinajstić information content (AvgIpc) is 3.53. The van der Waals surface area contributed by atoms with Crippen molar-refractivity contribution in [2.45, 2.75) is 25.6 Å². The summed E-state index contributed by atoms with van der Waals surface area (Å²) in [6.07, 6.45) is 6.39. The molecule has 2 aromatic heterocycles. The van der Waals surface area contributed by atoms with Gasteiger partial charge in [-0.25, -0.2) is 9.97 Å². The van der Waals surface area contributed by atoms with Crippen molar-refractivity contribution in [3.63, 3.8) is 0 Å². The maximum Gasteiger partial charge on any atom is 0.240 e. The number of anilines is 2. The molecule has 1 saturated heterocycles. The quantitative estimate of drug-likeness (QED) is 0.479. The lowest BCUT2D eigenvalue weighted by Crippen LogP contribution is -2.54. The van der Waals surface area contributed by atoms with Crippen molar-refractivity contribution >= 4 is 17.4 Å². The van der Waals surface area contributed by atoms with Crippen LogP contribution >= 0.6 is 0 Å². The van der Waals surface area contributed by atoms with Crippen LogP contribution in [0, 0.1) is 0 Å². The van der Waals surface area contributed by atoms with Crippen LogP contribution in [0.2, 0.25) is 0 Å². The molecule has 0 aliphatic carbocycles. The zero-order valence-corrected chi connectivity index (χ0v) is 18.9. The summed E-state index contributed by atoms with van der Waals surface area (Å²) in [5, 5.41) is 10.2. The number of nitrogens with one attached hydrogen (secondary N) is 2. The summed E-state index contributed by atoms with van der Waals surface area (Å²) in [7, 11) is 2.01. The molecule has 34 heavy (non-hydrogen) atoms. The Balaban J connectivity index is 1.17. The number of amides is 1. The van der Waals surface area contributed by atoms with Gasteiger partial charge in [-0.15, -0.1) is 0 Å². The number of aromatic amines is 1. The molecule has 170 valence electrons. The number of benzene rings is 2. The van der Waals surface area contributed by atoms with E-state index in [1.165, 1.54) is 11.1 Å². The van der Waals surface area contributed by atoms with Gasteiger partial charge in [-0.05, 0) is 54.4 Å². The number of rotatable bonds is 5. The van der Waals surface area contributed by atoms with Gasteiger partial charge in [0.15, 0.2) is 5.82 Å². The van der Waals surface area contributed by atoms with E-state index in [2.05, 4.69) is 37.5 Å². The normalized spacial score (nSPS) is 17.3. The second-order valence-corrected chi connectivity index (χ2v) is 8.92. The Morgan fingerprint density at radius 2 is 1.85 bits per heavy atom. The van der Waals surface area contributed by atoms with E-state index in [1.807, 2.05) is 54.5 Å². The number of carbonyl (C=O) groups excluding carboxylic acids is 1. The second kappa shape index (κ2) is 8.39. The predicted octanol–water partition coefficient (Wildman–Crippen LogP) is 3.82. The molecule has 0 bridgehead atoms. The minimum atomic E-state index is 0.0358. The van der Waals surface area contributed by atoms with Crippen LogP contribution in [0.15, 0.2) is 67.1 Å². The molecule has 6 rings (SSSR count). The van der Waals surface area contributed by atoms with E-state index in [9.17, 15) is 4.79 Å². The minimum absolute atomic E-state index is 0.0358. The Morgan fingerprint density at radius 3 is 2.59 bits per heavy atom. The summed E-state index contributed by atoms with van der Waals surface area (Å²) in [6, 6.07) is 16.3. The van der Waals surface area contributed by atoms with E-state index in [4.69, 9.17) is 4.98 Å². The van der Waals surface area contributed by atoms with E-state index in [1.54, 1.807) is 12.4 Å². The summed E-state index contributed by atoms with van der Waals surface area (Å²) in [5.74, 6) is 1.62. The summed E-state index contributed by atoms with van der Waals surface area (Å²) in [4.78, 5) is 26.1. The molecule has 0 saturated carbocycles. The standard InChI is InChI=1S/C26H25N7O/c1-32-11-9-23(32)26(34)33-15-19-3-2-18(12-20(19)16-33)25-27-10-8-24(31-25)30-22-6-4-17(5-7-22)21-13-28-29-14-21/h2-8,10,12-14,23H,9,11,15-16H2,1H3,(H,28,29)(H,27,30,31). The minimum Gasteiger partial charge on any atom is -0.340 e. The average molecular weight is 452 g/mol. The number of aromatic nitrogens is 4. The van der Waals surface area contributed by atoms with Gasteiger partial charge in [0.2, 0.25) is 5.91 Å². The number of hydrogen-bond acceptors (Lipinski definition) is 6. The molecule has 1 unspecified atom stereocenters. The van der Waals surface area contributed by atoms with Crippen molar-refractivity contribution in [3.8, 4) is 22.5 Å². The van der Waals surface area contributed by atoms with Crippen LogP contribution in [0.25, 0.3) is 22.5 Å². The van der Waals surface area contributed by atoms with Crippen molar-refractivity contribution in [1.82, 2.24) is 30.0 Å². The number of carbonyl (C=O) groups is 1. The number of likely N-dealkylation sites (N-methyl/N-ethyl adjacent to an activating group) is 1. The Hall–Kier alpha value is -4.04. The fraction of sp³-hybridized carbons (Fsp3) is 0.231. The van der Waals surface area contributed by atoms with Gasteiger partial charge < -0.3 is 10.2 Å². The van der Waals surface area contributed by atoms with Gasteiger partial charge in [-0.2, -0.15) is 5.10 Å². The number of H-pyrrole nitrogens is 1. The highest BCUT2D eigenvalue weighted by atomic mass is 16.2. The van der Waals surface area contributed by atoms with Gasteiger partial charge >= 0.3 is 0 Å². The highest BCUT2D eigenvalue weighted by Crippen LogP contribution is 2.30. The first-order chi connectivity index (χ1) is 16.6. The first-order valence-electron chi connectivity index (χ1n) is 11.4. The Labute approximate surface area is 197 Å². The van der Waals surface area contributed by atoms with Gasteiger partial charge in [-0.1, -0.05) is 24.3 Å². The Kier molecular flexibility index (Phi) is 5.07. The summed E-state index contributed by atoms with van der Waals surface area (Å²) >= 11 is 0. The highest BCUT2D eigenvalue weighted by Gasteiger charge is 2.36. The fourth-order valence-electron chi connectivity index (χ4n) is 4.60. The molecular formula is C26H25N7O. The molecule has 1 atom stereocenters. The van der Waals surface area contributed by atoms with Crippen LogP contribution in [-0.4, -0.2) is 55.5 Å². The van der Waals surface area contributed by atoms with E-state index < -0.39 is 0 Å². The molecule has 4 heterocycles. The Bertz CT molecular complexity index is 1330.